The fourth-order valence-corrected chi connectivity index (χ4v) is 2.41. The van der Waals surface area contributed by atoms with Gasteiger partial charge in [-0.05, 0) is 49.2 Å². The molecular weight excluding hydrogens is 310 g/mol. The van der Waals surface area contributed by atoms with Crippen LogP contribution in [0.2, 0.25) is 5.02 Å². The topological polar surface area (TPSA) is 56.7 Å². The van der Waals surface area contributed by atoms with Crippen LogP contribution in [0, 0.1) is 0 Å². The SMILES string of the molecule is CCNC(=NCc1cccc(O)c1)NC(C)c1cccc(Cl)c1. The van der Waals surface area contributed by atoms with Crippen molar-refractivity contribution >= 4 is 17.6 Å². The quantitative estimate of drug-likeness (QED) is 0.576. The maximum atomic E-state index is 9.51. The maximum absolute atomic E-state index is 9.51. The minimum absolute atomic E-state index is 0.0793. The maximum Gasteiger partial charge on any atom is 0.192 e. The molecular formula is C18H22ClN3O. The molecule has 5 heteroatoms. The smallest absolute Gasteiger partial charge is 0.192 e. The van der Waals surface area contributed by atoms with Gasteiger partial charge in [-0.3, -0.25) is 0 Å². The standard InChI is InChI=1S/C18H22ClN3O/c1-3-20-18(21-12-14-6-4-9-17(23)10-14)22-13(2)15-7-5-8-16(19)11-15/h4-11,13,23H,3,12H2,1-2H3,(H2,20,21,22). The van der Waals surface area contributed by atoms with Gasteiger partial charge >= 0.3 is 0 Å². The van der Waals surface area contributed by atoms with Gasteiger partial charge in [0.15, 0.2) is 5.96 Å². The number of aromatic hydroxyl groups is 1. The lowest BCUT2D eigenvalue weighted by Crippen LogP contribution is -2.38. The number of aliphatic imine (C=N–C) groups is 1. The van der Waals surface area contributed by atoms with E-state index >= 15 is 0 Å². The average Bonchev–Trinajstić information content (AvgIpc) is 2.53. The Bertz CT molecular complexity index is 673. The summed E-state index contributed by atoms with van der Waals surface area (Å²) in [6.07, 6.45) is 0. The van der Waals surface area contributed by atoms with Crippen molar-refractivity contribution in [3.63, 3.8) is 0 Å². The molecule has 0 aliphatic carbocycles. The van der Waals surface area contributed by atoms with Crippen molar-refractivity contribution in [2.24, 2.45) is 4.99 Å². The fourth-order valence-electron chi connectivity index (χ4n) is 2.21. The predicted molar refractivity (Wildman–Crippen MR) is 95.9 cm³/mol. The van der Waals surface area contributed by atoms with Crippen LogP contribution in [0.1, 0.15) is 31.0 Å². The molecule has 0 amide bonds. The molecule has 1 atom stereocenters. The van der Waals surface area contributed by atoms with Crippen molar-refractivity contribution in [3.8, 4) is 5.75 Å². The number of halogens is 1. The minimum atomic E-state index is 0.0793. The molecule has 4 nitrogen and oxygen atoms in total. The first kappa shape index (κ1) is 17.2. The molecule has 0 aliphatic rings. The predicted octanol–water partition coefficient (Wildman–Crippen LogP) is 3.86. The van der Waals surface area contributed by atoms with Gasteiger partial charge in [-0.25, -0.2) is 4.99 Å². The zero-order valence-corrected chi connectivity index (χ0v) is 14.1. The van der Waals surface area contributed by atoms with Gasteiger partial charge in [-0.2, -0.15) is 0 Å². The van der Waals surface area contributed by atoms with Crippen molar-refractivity contribution in [2.45, 2.75) is 26.4 Å². The van der Waals surface area contributed by atoms with E-state index in [0.29, 0.717) is 6.54 Å². The van der Waals surface area contributed by atoms with Gasteiger partial charge in [0.25, 0.3) is 0 Å². The molecule has 0 aromatic heterocycles. The summed E-state index contributed by atoms with van der Waals surface area (Å²) in [5.41, 5.74) is 2.05. The van der Waals surface area contributed by atoms with Crippen molar-refractivity contribution < 1.29 is 5.11 Å². The Kier molecular flexibility index (Phi) is 6.29. The zero-order valence-electron chi connectivity index (χ0n) is 13.4. The Hall–Kier alpha value is -2.20. The number of hydrogen-bond acceptors (Lipinski definition) is 2. The van der Waals surface area contributed by atoms with E-state index in [0.717, 1.165) is 28.7 Å². The molecule has 0 fully saturated rings. The Labute approximate surface area is 142 Å². The summed E-state index contributed by atoms with van der Waals surface area (Å²) in [5, 5.41) is 16.8. The summed E-state index contributed by atoms with van der Waals surface area (Å²) < 4.78 is 0. The van der Waals surface area contributed by atoms with Crippen LogP contribution in [-0.2, 0) is 6.54 Å². The Morgan fingerprint density at radius 1 is 1.22 bits per heavy atom. The molecule has 0 spiro atoms. The first-order valence-electron chi connectivity index (χ1n) is 7.66. The molecule has 0 saturated carbocycles. The molecule has 2 rings (SSSR count). The molecule has 0 bridgehead atoms. The molecule has 3 N–H and O–H groups in total. The molecule has 0 radical (unpaired) electrons. The van der Waals surface area contributed by atoms with Crippen LogP contribution in [-0.4, -0.2) is 17.6 Å². The lowest BCUT2D eigenvalue weighted by atomic mass is 10.1. The Morgan fingerprint density at radius 2 is 2.00 bits per heavy atom. The van der Waals surface area contributed by atoms with Crippen LogP contribution < -0.4 is 10.6 Å². The number of nitrogens with one attached hydrogen (secondary N) is 2. The highest BCUT2D eigenvalue weighted by Crippen LogP contribution is 2.17. The highest BCUT2D eigenvalue weighted by atomic mass is 35.5. The van der Waals surface area contributed by atoms with Gasteiger partial charge in [-0.15, -0.1) is 0 Å². The van der Waals surface area contributed by atoms with Crippen LogP contribution >= 0.6 is 11.6 Å². The van der Waals surface area contributed by atoms with Gasteiger partial charge in [0.1, 0.15) is 5.75 Å². The van der Waals surface area contributed by atoms with Gasteiger partial charge in [0.2, 0.25) is 0 Å². The van der Waals surface area contributed by atoms with Crippen molar-refractivity contribution in [1.82, 2.24) is 10.6 Å². The Balaban J connectivity index is 2.06. The third-order valence-electron chi connectivity index (χ3n) is 3.38. The number of phenolic OH excluding ortho intramolecular Hbond substituents is 1. The number of rotatable bonds is 5. The normalized spacial score (nSPS) is 12.7. The van der Waals surface area contributed by atoms with Crippen LogP contribution in [0.15, 0.2) is 53.5 Å². The molecule has 0 aliphatic heterocycles. The number of guanidine groups is 1. The number of phenols is 1. The average molecular weight is 332 g/mol. The van der Waals surface area contributed by atoms with Crippen LogP contribution in [0.5, 0.6) is 5.75 Å². The van der Waals surface area contributed by atoms with Gasteiger partial charge in [-0.1, -0.05) is 35.9 Å². The van der Waals surface area contributed by atoms with E-state index in [2.05, 4.69) is 22.5 Å². The summed E-state index contributed by atoms with van der Waals surface area (Å²) >= 11 is 6.05. The molecule has 0 saturated heterocycles. The van der Waals surface area contributed by atoms with Crippen molar-refractivity contribution in [1.29, 1.82) is 0 Å². The summed E-state index contributed by atoms with van der Waals surface area (Å²) in [7, 11) is 0. The Morgan fingerprint density at radius 3 is 2.70 bits per heavy atom. The zero-order chi connectivity index (χ0) is 16.7. The molecule has 0 heterocycles. The second-order valence-corrected chi connectivity index (χ2v) is 5.72. The van der Waals surface area contributed by atoms with Crippen LogP contribution in [0.3, 0.4) is 0 Å². The number of benzene rings is 2. The third kappa shape index (κ3) is 5.49. The summed E-state index contributed by atoms with van der Waals surface area (Å²) in [6, 6.07) is 15.0. The van der Waals surface area contributed by atoms with Crippen LogP contribution in [0.25, 0.3) is 0 Å². The van der Waals surface area contributed by atoms with Crippen LogP contribution in [0.4, 0.5) is 0 Å². The largest absolute Gasteiger partial charge is 0.508 e. The van der Waals surface area contributed by atoms with Gasteiger partial charge in [0, 0.05) is 11.6 Å². The minimum Gasteiger partial charge on any atom is -0.508 e. The van der Waals surface area contributed by atoms with E-state index in [1.54, 1.807) is 12.1 Å². The van der Waals surface area contributed by atoms with Crippen molar-refractivity contribution in [2.75, 3.05) is 6.54 Å². The first-order chi connectivity index (χ1) is 11.1. The lowest BCUT2D eigenvalue weighted by Gasteiger charge is -2.18. The summed E-state index contributed by atoms with van der Waals surface area (Å²) in [5.74, 6) is 0.978. The van der Waals surface area contributed by atoms with E-state index in [-0.39, 0.29) is 11.8 Å². The molecule has 2 aromatic rings. The number of nitrogens with zero attached hydrogens (tertiary/aromatic N) is 1. The van der Waals surface area contributed by atoms with E-state index in [1.165, 1.54) is 0 Å². The second-order valence-electron chi connectivity index (χ2n) is 5.29. The molecule has 1 unspecified atom stereocenters. The lowest BCUT2D eigenvalue weighted by molar-refractivity contribution is 0.474. The fraction of sp³-hybridized carbons (Fsp3) is 0.278. The molecule has 122 valence electrons. The third-order valence-corrected chi connectivity index (χ3v) is 3.61. The molecule has 2 aromatic carbocycles. The van der Waals surface area contributed by atoms with E-state index in [9.17, 15) is 5.11 Å². The number of hydrogen-bond donors (Lipinski definition) is 3. The van der Waals surface area contributed by atoms with E-state index < -0.39 is 0 Å². The first-order valence-corrected chi connectivity index (χ1v) is 8.04. The highest BCUT2D eigenvalue weighted by Gasteiger charge is 2.08. The van der Waals surface area contributed by atoms with Gasteiger partial charge < -0.3 is 15.7 Å². The van der Waals surface area contributed by atoms with E-state index in [4.69, 9.17) is 11.6 Å². The second kappa shape index (κ2) is 8.44. The van der Waals surface area contributed by atoms with Gasteiger partial charge in [0.05, 0.1) is 12.6 Å². The van der Waals surface area contributed by atoms with Crippen molar-refractivity contribution in [3.05, 3.63) is 64.7 Å². The monoisotopic (exact) mass is 331 g/mol. The van der Waals surface area contributed by atoms with E-state index in [1.807, 2.05) is 43.3 Å². The molecule has 23 heavy (non-hydrogen) atoms. The summed E-state index contributed by atoms with van der Waals surface area (Å²) in [6.45, 7) is 5.35. The summed E-state index contributed by atoms with van der Waals surface area (Å²) in [4.78, 5) is 4.56. The highest BCUT2D eigenvalue weighted by molar-refractivity contribution is 6.30.